The number of para-hydroxylation sites is 1. The standard InChI is InChI=1S/C22H27F2NO3/c1-16-5-2-3-7-22(16)28-15-19(26)13-25(14-20-6-4-10-27-20)12-17-8-9-18(23)11-21(17)24/h2-3,5,7-9,11,19-20,26H,4,6,10,12-15H2,1H3/t19-,20+/m0/s1. The van der Waals surface area contributed by atoms with Crippen LogP contribution >= 0.6 is 0 Å². The van der Waals surface area contributed by atoms with Crippen molar-refractivity contribution in [1.82, 2.24) is 4.90 Å². The summed E-state index contributed by atoms with van der Waals surface area (Å²) >= 11 is 0. The van der Waals surface area contributed by atoms with Crippen molar-refractivity contribution in [1.29, 1.82) is 0 Å². The summed E-state index contributed by atoms with van der Waals surface area (Å²) in [5, 5.41) is 10.5. The lowest BCUT2D eigenvalue weighted by Crippen LogP contribution is -2.39. The van der Waals surface area contributed by atoms with E-state index in [-0.39, 0.29) is 19.3 Å². The summed E-state index contributed by atoms with van der Waals surface area (Å²) in [6.45, 7) is 3.97. The molecule has 0 saturated carbocycles. The number of nitrogens with zero attached hydrogens (tertiary/aromatic N) is 1. The zero-order chi connectivity index (χ0) is 19.9. The van der Waals surface area contributed by atoms with Gasteiger partial charge >= 0.3 is 0 Å². The third-order valence-electron chi connectivity index (χ3n) is 4.89. The van der Waals surface area contributed by atoms with Gasteiger partial charge in [-0.25, -0.2) is 8.78 Å². The van der Waals surface area contributed by atoms with Gasteiger partial charge in [0.15, 0.2) is 0 Å². The van der Waals surface area contributed by atoms with Crippen LogP contribution in [0.5, 0.6) is 5.75 Å². The number of hydrogen-bond acceptors (Lipinski definition) is 4. The number of aliphatic hydroxyl groups is 1. The van der Waals surface area contributed by atoms with E-state index in [4.69, 9.17) is 9.47 Å². The molecule has 152 valence electrons. The van der Waals surface area contributed by atoms with Crippen LogP contribution in [0.15, 0.2) is 42.5 Å². The Kier molecular flexibility index (Phi) is 7.36. The summed E-state index contributed by atoms with van der Waals surface area (Å²) < 4.78 is 38.7. The van der Waals surface area contributed by atoms with Crippen LogP contribution in [0.25, 0.3) is 0 Å². The van der Waals surface area contributed by atoms with Crippen molar-refractivity contribution in [3.05, 3.63) is 65.2 Å². The highest BCUT2D eigenvalue weighted by Gasteiger charge is 2.22. The van der Waals surface area contributed by atoms with Crippen molar-refractivity contribution in [3.63, 3.8) is 0 Å². The average Bonchev–Trinajstić information content (AvgIpc) is 3.16. The Morgan fingerprint density at radius 2 is 2.07 bits per heavy atom. The summed E-state index contributed by atoms with van der Waals surface area (Å²) in [5.74, 6) is -0.446. The fourth-order valence-corrected chi connectivity index (χ4v) is 3.43. The Hall–Kier alpha value is -2.02. The predicted molar refractivity (Wildman–Crippen MR) is 103 cm³/mol. The van der Waals surface area contributed by atoms with Crippen LogP contribution in [0.2, 0.25) is 0 Å². The maximum atomic E-state index is 14.1. The first-order valence-electron chi connectivity index (χ1n) is 9.65. The van der Waals surface area contributed by atoms with Crippen LogP contribution in [0, 0.1) is 18.6 Å². The van der Waals surface area contributed by atoms with E-state index in [1.807, 2.05) is 36.1 Å². The van der Waals surface area contributed by atoms with E-state index >= 15 is 0 Å². The topological polar surface area (TPSA) is 41.9 Å². The quantitative estimate of drug-likeness (QED) is 0.708. The Morgan fingerprint density at radius 3 is 2.79 bits per heavy atom. The van der Waals surface area contributed by atoms with Gasteiger partial charge in [-0.05, 0) is 37.5 Å². The molecule has 0 bridgehead atoms. The van der Waals surface area contributed by atoms with E-state index in [1.54, 1.807) is 0 Å². The Morgan fingerprint density at radius 1 is 1.25 bits per heavy atom. The second-order valence-electron chi connectivity index (χ2n) is 7.30. The van der Waals surface area contributed by atoms with Crippen LogP contribution < -0.4 is 4.74 Å². The van der Waals surface area contributed by atoms with Crippen LogP contribution in [0.4, 0.5) is 8.78 Å². The largest absolute Gasteiger partial charge is 0.491 e. The number of hydrogen-bond donors (Lipinski definition) is 1. The van der Waals surface area contributed by atoms with Gasteiger partial charge < -0.3 is 14.6 Å². The molecule has 4 nitrogen and oxygen atoms in total. The molecule has 0 amide bonds. The summed E-state index contributed by atoms with van der Waals surface area (Å²) in [4.78, 5) is 1.94. The molecular formula is C22H27F2NO3. The molecule has 0 spiro atoms. The zero-order valence-corrected chi connectivity index (χ0v) is 16.1. The number of benzene rings is 2. The van der Waals surface area contributed by atoms with E-state index < -0.39 is 17.7 Å². The monoisotopic (exact) mass is 391 g/mol. The normalized spacial score (nSPS) is 17.8. The highest BCUT2D eigenvalue weighted by Crippen LogP contribution is 2.19. The molecule has 2 aromatic rings. The molecule has 1 heterocycles. The molecule has 0 aliphatic carbocycles. The van der Waals surface area contributed by atoms with Gasteiger partial charge in [0, 0.05) is 37.9 Å². The minimum Gasteiger partial charge on any atom is -0.491 e. The average molecular weight is 391 g/mol. The van der Waals surface area contributed by atoms with Crippen molar-refractivity contribution < 1.29 is 23.4 Å². The van der Waals surface area contributed by atoms with Crippen molar-refractivity contribution in [2.75, 3.05) is 26.3 Å². The third kappa shape index (κ3) is 5.99. The summed E-state index contributed by atoms with van der Waals surface area (Å²) in [5.41, 5.74) is 1.39. The third-order valence-corrected chi connectivity index (χ3v) is 4.89. The molecule has 0 aromatic heterocycles. The Bertz CT molecular complexity index is 765. The van der Waals surface area contributed by atoms with E-state index in [9.17, 15) is 13.9 Å². The van der Waals surface area contributed by atoms with Gasteiger partial charge in [0.1, 0.15) is 30.1 Å². The minimum atomic E-state index is -0.746. The molecular weight excluding hydrogens is 364 g/mol. The van der Waals surface area contributed by atoms with E-state index in [1.165, 1.54) is 12.1 Å². The molecule has 28 heavy (non-hydrogen) atoms. The first-order chi connectivity index (χ1) is 13.5. The molecule has 0 unspecified atom stereocenters. The SMILES string of the molecule is Cc1ccccc1OC[C@@H](O)CN(Cc1ccc(F)cc1F)C[C@H]1CCCO1. The minimum absolute atomic E-state index is 0.0630. The van der Waals surface area contributed by atoms with Gasteiger partial charge in [-0.15, -0.1) is 0 Å². The van der Waals surface area contributed by atoms with Gasteiger partial charge in [-0.2, -0.15) is 0 Å². The van der Waals surface area contributed by atoms with Crippen LogP contribution in [-0.4, -0.2) is 48.5 Å². The lowest BCUT2D eigenvalue weighted by molar-refractivity contribution is 0.0309. The molecule has 1 fully saturated rings. The number of rotatable bonds is 9. The highest BCUT2D eigenvalue weighted by molar-refractivity contribution is 5.31. The molecule has 1 N–H and O–H groups in total. The molecule has 2 aromatic carbocycles. The van der Waals surface area contributed by atoms with Gasteiger partial charge in [0.2, 0.25) is 0 Å². The highest BCUT2D eigenvalue weighted by atomic mass is 19.1. The molecule has 3 rings (SSSR count). The van der Waals surface area contributed by atoms with Crippen LogP contribution in [-0.2, 0) is 11.3 Å². The molecule has 1 aliphatic heterocycles. The van der Waals surface area contributed by atoms with Crippen LogP contribution in [0.1, 0.15) is 24.0 Å². The lowest BCUT2D eigenvalue weighted by Gasteiger charge is -2.27. The number of halogens is 2. The maximum absolute atomic E-state index is 14.1. The Balaban J connectivity index is 1.61. The van der Waals surface area contributed by atoms with Crippen LogP contribution in [0.3, 0.4) is 0 Å². The Labute approximate surface area is 164 Å². The van der Waals surface area contributed by atoms with Crippen molar-refractivity contribution in [2.24, 2.45) is 0 Å². The van der Waals surface area contributed by atoms with E-state index in [2.05, 4.69) is 0 Å². The molecule has 2 atom stereocenters. The molecule has 1 saturated heterocycles. The number of aryl methyl sites for hydroxylation is 1. The second kappa shape index (κ2) is 9.96. The molecule has 0 radical (unpaired) electrons. The van der Waals surface area contributed by atoms with Crippen molar-refractivity contribution in [3.8, 4) is 5.75 Å². The fourth-order valence-electron chi connectivity index (χ4n) is 3.43. The number of ether oxygens (including phenoxy) is 2. The summed E-state index contributed by atoms with van der Waals surface area (Å²) in [6.07, 6.45) is 1.26. The lowest BCUT2D eigenvalue weighted by atomic mass is 10.1. The van der Waals surface area contributed by atoms with Gasteiger partial charge in [-0.3, -0.25) is 4.90 Å². The zero-order valence-electron chi connectivity index (χ0n) is 16.1. The fraction of sp³-hybridized carbons (Fsp3) is 0.455. The maximum Gasteiger partial charge on any atom is 0.130 e. The van der Waals surface area contributed by atoms with E-state index in [0.717, 1.165) is 36.8 Å². The molecule has 6 heteroatoms. The second-order valence-corrected chi connectivity index (χ2v) is 7.30. The van der Waals surface area contributed by atoms with Crippen molar-refractivity contribution >= 4 is 0 Å². The number of aliphatic hydroxyl groups excluding tert-OH is 1. The first-order valence-corrected chi connectivity index (χ1v) is 9.65. The predicted octanol–water partition coefficient (Wildman–Crippen LogP) is 3.69. The van der Waals surface area contributed by atoms with Gasteiger partial charge in [0.05, 0.1) is 6.10 Å². The van der Waals surface area contributed by atoms with Gasteiger partial charge in [0.25, 0.3) is 0 Å². The first kappa shape index (κ1) is 20.7. The van der Waals surface area contributed by atoms with Gasteiger partial charge in [-0.1, -0.05) is 24.3 Å². The summed E-state index contributed by atoms with van der Waals surface area (Å²) in [7, 11) is 0. The molecule has 1 aliphatic rings. The summed E-state index contributed by atoms with van der Waals surface area (Å²) in [6, 6.07) is 11.2. The van der Waals surface area contributed by atoms with E-state index in [0.29, 0.717) is 18.7 Å². The smallest absolute Gasteiger partial charge is 0.130 e. The van der Waals surface area contributed by atoms with Crippen molar-refractivity contribution in [2.45, 2.75) is 38.5 Å².